The average Bonchev–Trinajstić information content (AvgIpc) is 3.15. The lowest BCUT2D eigenvalue weighted by molar-refractivity contribution is -0.385. The van der Waals surface area contributed by atoms with Gasteiger partial charge in [-0.15, -0.1) is 0 Å². The molecule has 6 rings (SSSR count). The normalized spacial score (nSPS) is 22.1. The summed E-state index contributed by atoms with van der Waals surface area (Å²) in [5.74, 6) is -2.61. The van der Waals surface area contributed by atoms with Gasteiger partial charge in [0.2, 0.25) is 0 Å². The van der Waals surface area contributed by atoms with Crippen molar-refractivity contribution in [3.63, 3.8) is 0 Å². The third-order valence-corrected chi connectivity index (χ3v) is 9.36. The molecule has 0 unspecified atom stereocenters. The molecule has 0 spiro atoms. The molecule has 2 aromatic carbocycles. The number of hydrogen-bond acceptors (Lipinski definition) is 15. The van der Waals surface area contributed by atoms with Crippen LogP contribution in [0.5, 0.6) is 0 Å². The van der Waals surface area contributed by atoms with E-state index in [0.29, 0.717) is 58.4 Å². The number of halogens is 1. The van der Waals surface area contributed by atoms with Crippen LogP contribution in [0.4, 0.5) is 11.4 Å². The average molecular weight is 825 g/mol. The van der Waals surface area contributed by atoms with Crippen molar-refractivity contribution in [3.05, 3.63) is 79.9 Å². The molecule has 4 fully saturated rings. The molecule has 2 aromatic rings. The van der Waals surface area contributed by atoms with Crippen molar-refractivity contribution in [1.82, 2.24) is 10.2 Å². The summed E-state index contributed by atoms with van der Waals surface area (Å²) in [6.45, 7) is 18.9. The molecule has 1 N–H and O–H groups in total. The van der Waals surface area contributed by atoms with Crippen molar-refractivity contribution in [2.45, 2.75) is 103 Å². The molecule has 316 valence electrons. The number of amides is 1. The van der Waals surface area contributed by atoms with E-state index in [1.165, 1.54) is 48.5 Å². The second-order valence-electron chi connectivity index (χ2n) is 15.5. The summed E-state index contributed by atoms with van der Waals surface area (Å²) in [4.78, 5) is 45.5. The van der Waals surface area contributed by atoms with Crippen LogP contribution in [0.1, 0.15) is 76.1 Å². The molecule has 4 aliphatic heterocycles. The van der Waals surface area contributed by atoms with Crippen LogP contribution in [0.2, 0.25) is 0 Å². The number of nitro groups is 2. The number of benzene rings is 2. The van der Waals surface area contributed by atoms with E-state index < -0.39 is 38.2 Å². The fourth-order valence-corrected chi connectivity index (χ4v) is 5.94. The van der Waals surface area contributed by atoms with E-state index >= 15 is 0 Å². The zero-order valence-corrected chi connectivity index (χ0v) is 34.3. The van der Waals surface area contributed by atoms with E-state index in [4.69, 9.17) is 49.5 Å². The highest BCUT2D eigenvalue weighted by molar-refractivity contribution is 6.67. The largest absolute Gasteiger partial charge is 0.349 e. The topological polar surface area (TPSA) is 210 Å². The number of ether oxygens (including phenoxy) is 8. The van der Waals surface area contributed by atoms with Gasteiger partial charge < -0.3 is 48.1 Å². The van der Waals surface area contributed by atoms with E-state index in [0.717, 1.165) is 0 Å². The number of hydrogen-bond donors (Lipinski definition) is 1. The Hall–Kier alpha value is -3.69. The van der Waals surface area contributed by atoms with Crippen LogP contribution in [-0.4, -0.2) is 126 Å². The van der Waals surface area contributed by atoms with Crippen molar-refractivity contribution in [1.29, 1.82) is 0 Å². The molecule has 0 aromatic heterocycles. The fraction of sp³-hybridized carbons (Fsp3) is 0.632. The first kappa shape index (κ1) is 46.0. The Labute approximate surface area is 336 Å². The maximum absolute atomic E-state index is 13.3. The number of carbonyl (C=O) groups excluding carboxylic acids is 2. The van der Waals surface area contributed by atoms with E-state index in [-0.39, 0.29) is 47.0 Å². The molecule has 0 aliphatic carbocycles. The van der Waals surface area contributed by atoms with E-state index in [9.17, 15) is 29.8 Å². The maximum Gasteiger partial charge on any atom is 0.269 e. The second-order valence-corrected chi connectivity index (χ2v) is 15.9. The third-order valence-electron chi connectivity index (χ3n) is 9.14. The van der Waals surface area contributed by atoms with Gasteiger partial charge >= 0.3 is 0 Å². The van der Waals surface area contributed by atoms with Crippen molar-refractivity contribution in [3.8, 4) is 0 Å². The van der Waals surface area contributed by atoms with Crippen LogP contribution in [0.3, 0.4) is 0 Å². The second kappa shape index (κ2) is 19.4. The summed E-state index contributed by atoms with van der Waals surface area (Å²) in [5, 5.41) is 23.9. The highest BCUT2D eigenvalue weighted by Gasteiger charge is 2.41. The zero-order valence-electron chi connectivity index (χ0n) is 33.5. The van der Waals surface area contributed by atoms with Crippen LogP contribution in [0.15, 0.2) is 48.5 Å². The van der Waals surface area contributed by atoms with Gasteiger partial charge in [0.05, 0.1) is 86.9 Å². The monoisotopic (exact) mass is 824 g/mol. The molecule has 4 saturated heterocycles. The van der Waals surface area contributed by atoms with Crippen molar-refractivity contribution in [2.24, 2.45) is 0 Å². The van der Waals surface area contributed by atoms with Crippen molar-refractivity contribution < 1.29 is 57.3 Å². The summed E-state index contributed by atoms with van der Waals surface area (Å²) in [6.07, 6.45) is 0. The van der Waals surface area contributed by atoms with Crippen LogP contribution in [-0.2, 0) is 37.9 Å². The van der Waals surface area contributed by atoms with E-state index in [1.54, 1.807) is 4.90 Å². The lowest BCUT2D eigenvalue weighted by atomic mass is 10.1. The summed E-state index contributed by atoms with van der Waals surface area (Å²) < 4.78 is 45.3. The highest BCUT2D eigenvalue weighted by atomic mass is 35.5. The van der Waals surface area contributed by atoms with Gasteiger partial charge in [-0.1, -0.05) is 0 Å². The van der Waals surface area contributed by atoms with Gasteiger partial charge in [0.25, 0.3) is 22.5 Å². The number of non-ortho nitro benzene ring substituents is 2. The Morgan fingerprint density at radius 3 is 1.12 bits per heavy atom. The fourth-order valence-electron chi connectivity index (χ4n) is 5.82. The molecular formula is C38H53ClN4O14. The SMILES string of the molecule is CC1(C)OCC(N(C(=O)c2ccc([N+](=O)[O-])cc2)C2COC(C)(C)OC2)CO1.CC1(C)OCC(NC2COC(C)(C)OC2)CO1.O=C(Cl)c1ccc([N+](=O)[O-])cc1. The Morgan fingerprint density at radius 1 is 0.561 bits per heavy atom. The van der Waals surface area contributed by atoms with E-state index in [1.807, 2.05) is 55.4 Å². The summed E-state index contributed by atoms with van der Waals surface area (Å²) in [7, 11) is 0. The zero-order chi connectivity index (χ0) is 42.2. The Morgan fingerprint density at radius 2 is 0.842 bits per heavy atom. The highest BCUT2D eigenvalue weighted by Crippen LogP contribution is 2.28. The van der Waals surface area contributed by atoms with Gasteiger partial charge in [-0.2, -0.15) is 0 Å². The van der Waals surface area contributed by atoms with Gasteiger partial charge in [0, 0.05) is 35.4 Å². The van der Waals surface area contributed by atoms with Crippen molar-refractivity contribution >= 4 is 34.1 Å². The lowest BCUT2D eigenvalue weighted by Gasteiger charge is -2.46. The van der Waals surface area contributed by atoms with Crippen molar-refractivity contribution in [2.75, 3.05) is 52.9 Å². The molecule has 0 radical (unpaired) electrons. The number of nitrogens with one attached hydrogen (secondary N) is 1. The Bertz CT molecular complexity index is 1560. The minimum absolute atomic E-state index is 0.0586. The Balaban J connectivity index is 0.000000210. The molecule has 18 nitrogen and oxygen atoms in total. The number of rotatable bonds is 8. The lowest BCUT2D eigenvalue weighted by Crippen LogP contribution is -2.60. The number of carbonyl (C=O) groups is 2. The molecule has 57 heavy (non-hydrogen) atoms. The molecule has 0 bridgehead atoms. The molecule has 4 heterocycles. The first-order valence-electron chi connectivity index (χ1n) is 18.4. The molecular weight excluding hydrogens is 772 g/mol. The van der Waals surface area contributed by atoms with Gasteiger partial charge in [-0.05, 0) is 91.3 Å². The predicted molar refractivity (Wildman–Crippen MR) is 205 cm³/mol. The number of nitro benzene ring substituents is 2. The summed E-state index contributed by atoms with van der Waals surface area (Å²) >= 11 is 5.13. The minimum atomic E-state index is -0.708. The van der Waals surface area contributed by atoms with Gasteiger partial charge in [-0.3, -0.25) is 29.8 Å². The quantitative estimate of drug-likeness (QED) is 0.206. The maximum atomic E-state index is 13.3. The molecule has 1 amide bonds. The minimum Gasteiger partial charge on any atom is -0.349 e. The standard InChI is InChI=1S/C19H26N2O7.C12H23NO4.C7H4ClNO3/c1-18(2)25-9-15(10-26-18)20(16-11-27-19(3,4)28-12-16)17(22)13-5-7-14(8-6-13)21(23)24;1-11(2)14-5-9(6-15-11)13-10-7-16-12(3,4)17-8-10;8-7(10)5-1-3-6(4-2-5)9(11)12/h5-8,15-16H,9-12H2,1-4H3;9-10,13H,5-8H2,1-4H3;1-4H. The van der Waals surface area contributed by atoms with Crippen LogP contribution in [0.25, 0.3) is 0 Å². The van der Waals surface area contributed by atoms with Gasteiger partial charge in [-0.25, -0.2) is 0 Å². The molecule has 0 saturated carbocycles. The van der Waals surface area contributed by atoms with Gasteiger partial charge in [0.15, 0.2) is 23.1 Å². The first-order valence-corrected chi connectivity index (χ1v) is 18.8. The Kier molecular flexibility index (Phi) is 15.6. The van der Waals surface area contributed by atoms with Gasteiger partial charge in [0.1, 0.15) is 0 Å². The van der Waals surface area contributed by atoms with E-state index in [2.05, 4.69) is 5.32 Å². The van der Waals surface area contributed by atoms with Crippen LogP contribution >= 0.6 is 11.6 Å². The third kappa shape index (κ3) is 14.3. The summed E-state index contributed by atoms with van der Waals surface area (Å²) in [6, 6.07) is 10.4. The molecule has 4 aliphatic rings. The summed E-state index contributed by atoms with van der Waals surface area (Å²) in [5.41, 5.74) is 0.472. The van der Waals surface area contributed by atoms with Crippen LogP contribution < -0.4 is 5.32 Å². The van der Waals surface area contributed by atoms with Crippen LogP contribution in [0, 0.1) is 20.2 Å². The number of nitrogens with zero attached hydrogens (tertiary/aromatic N) is 3. The predicted octanol–water partition coefficient (Wildman–Crippen LogP) is 5.19. The first-order chi connectivity index (χ1) is 26.6. The molecule has 19 heteroatoms. The smallest absolute Gasteiger partial charge is 0.269 e. The molecule has 0 atom stereocenters.